The van der Waals surface area contributed by atoms with Gasteiger partial charge in [-0.05, 0) is 16.5 Å². The quantitative estimate of drug-likeness (QED) is 0.569. The Morgan fingerprint density at radius 3 is 2.71 bits per heavy atom. The van der Waals surface area contributed by atoms with Crippen LogP contribution in [0.4, 0.5) is 0 Å². The van der Waals surface area contributed by atoms with Crippen LogP contribution in [-0.4, -0.2) is 39.6 Å². The first-order chi connectivity index (χ1) is 10.0. The molecule has 1 heterocycles. The normalized spacial score (nSPS) is 21.5. The Hall–Kier alpha value is -0.940. The van der Waals surface area contributed by atoms with E-state index in [0.29, 0.717) is 0 Å². The minimum Gasteiger partial charge on any atom is -0.383 e. The molecular formula is C17H28N2O2. The summed E-state index contributed by atoms with van der Waals surface area (Å²) in [5.74, 6) is 0. The monoisotopic (exact) mass is 292 g/mol. The predicted octanol–water partition coefficient (Wildman–Crippen LogP) is 2.21. The third-order valence-electron chi connectivity index (χ3n) is 3.70. The second kappa shape index (κ2) is 7.36. The van der Waals surface area contributed by atoms with Gasteiger partial charge in [-0.2, -0.15) is 0 Å². The SMILES string of the molecule is COCCNCCNC1OC1c1cccc(C(C)(C)C)c1. The number of nitrogens with one attached hydrogen (secondary N) is 2. The van der Waals surface area contributed by atoms with E-state index in [1.54, 1.807) is 7.11 Å². The fourth-order valence-corrected chi connectivity index (χ4v) is 2.31. The molecule has 0 bridgehead atoms. The lowest BCUT2D eigenvalue weighted by molar-refractivity contribution is 0.199. The van der Waals surface area contributed by atoms with Crippen LogP contribution in [0.15, 0.2) is 24.3 Å². The summed E-state index contributed by atoms with van der Waals surface area (Å²) >= 11 is 0. The first kappa shape index (κ1) is 16.4. The molecule has 0 amide bonds. The number of rotatable bonds is 8. The summed E-state index contributed by atoms with van der Waals surface area (Å²) in [7, 11) is 1.72. The van der Waals surface area contributed by atoms with Crippen LogP contribution < -0.4 is 10.6 Å². The second-order valence-corrected chi connectivity index (χ2v) is 6.55. The van der Waals surface area contributed by atoms with Crippen molar-refractivity contribution in [3.8, 4) is 0 Å². The van der Waals surface area contributed by atoms with E-state index in [9.17, 15) is 0 Å². The number of epoxide rings is 1. The average Bonchev–Trinajstić information content (AvgIpc) is 3.21. The minimum absolute atomic E-state index is 0.157. The maximum Gasteiger partial charge on any atom is 0.140 e. The van der Waals surface area contributed by atoms with Crippen molar-refractivity contribution in [2.24, 2.45) is 0 Å². The van der Waals surface area contributed by atoms with Crippen LogP contribution in [0.25, 0.3) is 0 Å². The van der Waals surface area contributed by atoms with E-state index in [1.807, 2.05) is 0 Å². The Labute approximate surface area is 128 Å². The summed E-state index contributed by atoms with van der Waals surface area (Å²) in [6.07, 6.45) is 0.357. The van der Waals surface area contributed by atoms with E-state index in [0.717, 1.165) is 26.2 Å². The third kappa shape index (κ3) is 5.08. The van der Waals surface area contributed by atoms with Gasteiger partial charge in [-0.15, -0.1) is 0 Å². The Morgan fingerprint density at radius 1 is 1.19 bits per heavy atom. The van der Waals surface area contributed by atoms with Crippen LogP contribution in [0.2, 0.25) is 0 Å². The van der Waals surface area contributed by atoms with Gasteiger partial charge < -0.3 is 14.8 Å². The van der Waals surface area contributed by atoms with Gasteiger partial charge in [-0.3, -0.25) is 5.32 Å². The zero-order valence-electron chi connectivity index (χ0n) is 13.6. The summed E-state index contributed by atoms with van der Waals surface area (Å²) in [4.78, 5) is 0. The lowest BCUT2D eigenvalue weighted by Crippen LogP contribution is -2.31. The van der Waals surface area contributed by atoms with Gasteiger partial charge in [-0.25, -0.2) is 0 Å². The standard InChI is InChI=1S/C17H28N2O2/c1-17(2,3)14-7-5-6-13(12-14)15-16(21-15)19-9-8-18-10-11-20-4/h5-7,12,15-16,18-19H,8-11H2,1-4H3. The van der Waals surface area contributed by atoms with E-state index in [2.05, 4.69) is 55.7 Å². The molecule has 2 rings (SSSR count). The molecule has 0 radical (unpaired) electrons. The fourth-order valence-electron chi connectivity index (χ4n) is 2.31. The van der Waals surface area contributed by atoms with Crippen LogP contribution in [-0.2, 0) is 14.9 Å². The maximum atomic E-state index is 5.73. The van der Waals surface area contributed by atoms with Gasteiger partial charge in [0.15, 0.2) is 0 Å². The van der Waals surface area contributed by atoms with Crippen molar-refractivity contribution in [3.05, 3.63) is 35.4 Å². The first-order valence-electron chi connectivity index (χ1n) is 7.71. The summed E-state index contributed by atoms with van der Waals surface area (Å²) in [6, 6.07) is 8.73. The molecule has 1 aromatic rings. The van der Waals surface area contributed by atoms with Crippen molar-refractivity contribution in [2.45, 2.75) is 38.5 Å². The zero-order valence-corrected chi connectivity index (χ0v) is 13.6. The number of hydrogen-bond acceptors (Lipinski definition) is 4. The molecule has 1 aromatic carbocycles. The summed E-state index contributed by atoms with van der Waals surface area (Å²) in [6.45, 7) is 10.2. The number of methoxy groups -OCH3 is 1. The van der Waals surface area contributed by atoms with Crippen molar-refractivity contribution in [1.29, 1.82) is 0 Å². The number of ether oxygens (including phenoxy) is 2. The second-order valence-electron chi connectivity index (χ2n) is 6.55. The molecule has 4 heteroatoms. The van der Waals surface area contributed by atoms with Crippen molar-refractivity contribution >= 4 is 0 Å². The fraction of sp³-hybridized carbons (Fsp3) is 0.647. The molecule has 1 saturated heterocycles. The molecule has 2 unspecified atom stereocenters. The van der Waals surface area contributed by atoms with E-state index in [4.69, 9.17) is 9.47 Å². The van der Waals surface area contributed by atoms with Crippen molar-refractivity contribution in [3.63, 3.8) is 0 Å². The minimum atomic E-state index is 0.157. The van der Waals surface area contributed by atoms with Crippen molar-refractivity contribution in [1.82, 2.24) is 10.6 Å². The molecule has 2 N–H and O–H groups in total. The maximum absolute atomic E-state index is 5.73. The average molecular weight is 292 g/mol. The molecule has 0 aromatic heterocycles. The van der Waals surface area contributed by atoms with Crippen LogP contribution >= 0.6 is 0 Å². The highest BCUT2D eigenvalue weighted by atomic mass is 16.6. The molecule has 0 aliphatic carbocycles. The lowest BCUT2D eigenvalue weighted by atomic mass is 9.86. The zero-order chi connectivity index (χ0) is 15.3. The highest BCUT2D eigenvalue weighted by Crippen LogP contribution is 2.38. The van der Waals surface area contributed by atoms with Gasteiger partial charge in [-0.1, -0.05) is 45.0 Å². The summed E-state index contributed by atoms with van der Waals surface area (Å²) in [5.41, 5.74) is 2.81. The van der Waals surface area contributed by atoms with Crippen LogP contribution in [0.5, 0.6) is 0 Å². The molecule has 118 valence electrons. The molecule has 2 atom stereocenters. The third-order valence-corrected chi connectivity index (χ3v) is 3.70. The van der Waals surface area contributed by atoms with Crippen LogP contribution in [0.3, 0.4) is 0 Å². The van der Waals surface area contributed by atoms with Gasteiger partial charge >= 0.3 is 0 Å². The Kier molecular flexibility index (Phi) is 5.76. The number of hydrogen-bond donors (Lipinski definition) is 2. The topological polar surface area (TPSA) is 45.8 Å². The van der Waals surface area contributed by atoms with Gasteiger partial charge in [0.2, 0.25) is 0 Å². The van der Waals surface area contributed by atoms with Gasteiger partial charge in [0, 0.05) is 26.7 Å². The summed E-state index contributed by atoms with van der Waals surface area (Å²) < 4.78 is 10.7. The lowest BCUT2D eigenvalue weighted by Gasteiger charge is -2.19. The van der Waals surface area contributed by atoms with E-state index >= 15 is 0 Å². The van der Waals surface area contributed by atoms with Gasteiger partial charge in [0.25, 0.3) is 0 Å². The molecule has 1 aliphatic heterocycles. The van der Waals surface area contributed by atoms with Gasteiger partial charge in [0.05, 0.1) is 6.61 Å². The van der Waals surface area contributed by atoms with E-state index < -0.39 is 0 Å². The van der Waals surface area contributed by atoms with Gasteiger partial charge in [0.1, 0.15) is 12.3 Å². The molecule has 0 saturated carbocycles. The first-order valence-corrected chi connectivity index (χ1v) is 7.71. The predicted molar refractivity (Wildman–Crippen MR) is 85.5 cm³/mol. The molecular weight excluding hydrogens is 264 g/mol. The summed E-state index contributed by atoms with van der Waals surface area (Å²) in [5, 5.41) is 6.72. The van der Waals surface area contributed by atoms with Crippen LogP contribution in [0.1, 0.15) is 38.0 Å². The molecule has 0 spiro atoms. The largest absolute Gasteiger partial charge is 0.383 e. The van der Waals surface area contributed by atoms with E-state index in [-0.39, 0.29) is 17.7 Å². The van der Waals surface area contributed by atoms with Crippen LogP contribution in [0, 0.1) is 0 Å². The van der Waals surface area contributed by atoms with Crippen molar-refractivity contribution < 1.29 is 9.47 Å². The smallest absolute Gasteiger partial charge is 0.140 e. The Morgan fingerprint density at radius 2 is 2.00 bits per heavy atom. The highest BCUT2D eigenvalue weighted by Gasteiger charge is 2.39. The van der Waals surface area contributed by atoms with E-state index in [1.165, 1.54) is 11.1 Å². The highest BCUT2D eigenvalue weighted by molar-refractivity contribution is 5.31. The number of benzene rings is 1. The molecule has 1 fully saturated rings. The van der Waals surface area contributed by atoms with Crippen molar-refractivity contribution in [2.75, 3.05) is 33.4 Å². The Balaban J connectivity index is 1.73. The molecule has 1 aliphatic rings. The Bertz CT molecular complexity index is 443. The molecule has 4 nitrogen and oxygen atoms in total. The molecule has 21 heavy (non-hydrogen) atoms.